The lowest BCUT2D eigenvalue weighted by Crippen LogP contribution is -2.31. The van der Waals surface area contributed by atoms with E-state index < -0.39 is 0 Å². The van der Waals surface area contributed by atoms with Crippen molar-refractivity contribution in [3.05, 3.63) is 35.4 Å². The van der Waals surface area contributed by atoms with Crippen molar-refractivity contribution in [1.82, 2.24) is 5.32 Å². The van der Waals surface area contributed by atoms with Crippen LogP contribution in [-0.2, 0) is 10.2 Å². The van der Waals surface area contributed by atoms with Gasteiger partial charge < -0.3 is 5.32 Å². The lowest BCUT2D eigenvalue weighted by molar-refractivity contribution is -0.123. The van der Waals surface area contributed by atoms with Crippen LogP contribution >= 0.6 is 0 Å². The predicted molar refractivity (Wildman–Crippen MR) is 67.5 cm³/mol. The van der Waals surface area contributed by atoms with E-state index in [1.165, 1.54) is 5.56 Å². The molecule has 1 aromatic rings. The molecule has 0 aromatic heterocycles. The molecule has 0 radical (unpaired) electrons. The van der Waals surface area contributed by atoms with E-state index in [0.29, 0.717) is 0 Å². The third-order valence-electron chi connectivity index (χ3n) is 3.02. The highest BCUT2D eigenvalue weighted by molar-refractivity contribution is 5.91. The SMILES string of the molecule is CC.CNC(=O)C1(c2ccc(C)cc2)CC1. The molecule has 1 amide bonds. The number of amides is 1. The van der Waals surface area contributed by atoms with Crippen molar-refractivity contribution in [2.75, 3.05) is 7.05 Å². The average molecular weight is 219 g/mol. The fourth-order valence-corrected chi connectivity index (χ4v) is 1.88. The molecular weight excluding hydrogens is 198 g/mol. The minimum atomic E-state index is -0.206. The molecule has 1 fully saturated rings. The lowest BCUT2D eigenvalue weighted by atomic mass is 9.94. The number of likely N-dealkylation sites (N-methyl/N-ethyl adjacent to an activating group) is 1. The number of nitrogens with one attached hydrogen (secondary N) is 1. The van der Waals surface area contributed by atoms with Crippen LogP contribution in [0.15, 0.2) is 24.3 Å². The van der Waals surface area contributed by atoms with Crippen molar-refractivity contribution >= 4 is 5.91 Å². The van der Waals surface area contributed by atoms with Crippen molar-refractivity contribution in [3.8, 4) is 0 Å². The van der Waals surface area contributed by atoms with Gasteiger partial charge in [0.15, 0.2) is 0 Å². The predicted octanol–water partition coefficient (Wildman–Crippen LogP) is 2.80. The minimum absolute atomic E-state index is 0.154. The summed E-state index contributed by atoms with van der Waals surface area (Å²) in [6.07, 6.45) is 1.96. The number of carbonyl (C=O) groups excluding carboxylic acids is 1. The highest BCUT2D eigenvalue weighted by Gasteiger charge is 2.50. The van der Waals surface area contributed by atoms with E-state index in [1.807, 2.05) is 13.8 Å². The van der Waals surface area contributed by atoms with Gasteiger partial charge in [-0.25, -0.2) is 0 Å². The zero-order chi connectivity index (χ0) is 12.2. The molecule has 1 aliphatic rings. The maximum atomic E-state index is 11.7. The van der Waals surface area contributed by atoms with Gasteiger partial charge in [0.1, 0.15) is 0 Å². The van der Waals surface area contributed by atoms with Gasteiger partial charge in [-0.3, -0.25) is 4.79 Å². The quantitative estimate of drug-likeness (QED) is 0.814. The molecule has 2 heteroatoms. The summed E-state index contributed by atoms with van der Waals surface area (Å²) in [5.74, 6) is 0.154. The van der Waals surface area contributed by atoms with Crippen molar-refractivity contribution in [2.45, 2.75) is 39.0 Å². The van der Waals surface area contributed by atoms with Gasteiger partial charge in [0.05, 0.1) is 5.41 Å². The molecule has 1 aliphatic carbocycles. The van der Waals surface area contributed by atoms with Crippen LogP contribution < -0.4 is 5.32 Å². The molecule has 2 nitrogen and oxygen atoms in total. The Kier molecular flexibility index (Phi) is 4.11. The Labute approximate surface area is 98.1 Å². The number of benzene rings is 1. The number of hydrogen-bond acceptors (Lipinski definition) is 1. The maximum absolute atomic E-state index is 11.7. The molecule has 88 valence electrons. The van der Waals surface area contributed by atoms with E-state index in [1.54, 1.807) is 7.05 Å². The molecule has 0 atom stereocenters. The largest absolute Gasteiger partial charge is 0.358 e. The second-order valence-electron chi connectivity index (χ2n) is 4.03. The van der Waals surface area contributed by atoms with Gasteiger partial charge in [0, 0.05) is 7.05 Å². The molecule has 0 saturated heterocycles. The molecule has 0 aliphatic heterocycles. The van der Waals surface area contributed by atoms with Crippen LogP contribution in [0, 0.1) is 6.92 Å². The van der Waals surface area contributed by atoms with Crippen LogP contribution in [0.2, 0.25) is 0 Å². The van der Waals surface area contributed by atoms with E-state index in [9.17, 15) is 4.79 Å². The van der Waals surface area contributed by atoms with E-state index >= 15 is 0 Å². The summed E-state index contributed by atoms with van der Waals surface area (Å²) in [5, 5.41) is 2.74. The molecule has 0 spiro atoms. The van der Waals surface area contributed by atoms with Crippen LogP contribution in [0.1, 0.15) is 37.8 Å². The van der Waals surface area contributed by atoms with Gasteiger partial charge in [-0.2, -0.15) is 0 Å². The second-order valence-corrected chi connectivity index (χ2v) is 4.03. The third kappa shape index (κ3) is 2.26. The third-order valence-corrected chi connectivity index (χ3v) is 3.02. The molecule has 1 N–H and O–H groups in total. The summed E-state index contributed by atoms with van der Waals surface area (Å²) in [4.78, 5) is 11.7. The fraction of sp³-hybridized carbons (Fsp3) is 0.500. The smallest absolute Gasteiger partial charge is 0.230 e. The first kappa shape index (κ1) is 12.8. The topological polar surface area (TPSA) is 29.1 Å². The summed E-state index contributed by atoms with van der Waals surface area (Å²) >= 11 is 0. The normalized spacial score (nSPS) is 15.8. The number of rotatable bonds is 2. The summed E-state index contributed by atoms with van der Waals surface area (Å²) in [5.41, 5.74) is 2.19. The first-order chi connectivity index (χ1) is 7.69. The van der Waals surface area contributed by atoms with Crippen molar-refractivity contribution in [3.63, 3.8) is 0 Å². The Morgan fingerprint density at radius 1 is 1.19 bits per heavy atom. The van der Waals surface area contributed by atoms with Gasteiger partial charge in [0.2, 0.25) is 5.91 Å². The van der Waals surface area contributed by atoms with Crippen molar-refractivity contribution in [1.29, 1.82) is 0 Å². The Morgan fingerprint density at radius 3 is 2.06 bits per heavy atom. The van der Waals surface area contributed by atoms with E-state index in [0.717, 1.165) is 18.4 Å². The Bertz CT molecular complexity index is 350. The van der Waals surface area contributed by atoms with Crippen LogP contribution in [-0.4, -0.2) is 13.0 Å². The van der Waals surface area contributed by atoms with Crippen LogP contribution in [0.3, 0.4) is 0 Å². The van der Waals surface area contributed by atoms with Gasteiger partial charge >= 0.3 is 0 Å². The number of hydrogen-bond donors (Lipinski definition) is 1. The van der Waals surface area contributed by atoms with Crippen LogP contribution in [0.5, 0.6) is 0 Å². The summed E-state index contributed by atoms with van der Waals surface area (Å²) < 4.78 is 0. The van der Waals surface area contributed by atoms with Crippen LogP contribution in [0.4, 0.5) is 0 Å². The van der Waals surface area contributed by atoms with Gasteiger partial charge in [-0.05, 0) is 25.3 Å². The molecule has 1 saturated carbocycles. The Balaban J connectivity index is 0.000000606. The molecule has 0 bridgehead atoms. The fourth-order valence-electron chi connectivity index (χ4n) is 1.88. The number of carbonyl (C=O) groups is 1. The lowest BCUT2D eigenvalue weighted by Gasteiger charge is -2.13. The zero-order valence-corrected chi connectivity index (χ0v) is 10.6. The van der Waals surface area contributed by atoms with E-state index in [-0.39, 0.29) is 11.3 Å². The summed E-state index contributed by atoms with van der Waals surface area (Å²) in [6, 6.07) is 8.27. The Hall–Kier alpha value is -1.31. The Morgan fingerprint density at radius 2 is 1.69 bits per heavy atom. The molecule has 16 heavy (non-hydrogen) atoms. The maximum Gasteiger partial charge on any atom is 0.230 e. The van der Waals surface area contributed by atoms with Crippen molar-refractivity contribution < 1.29 is 4.79 Å². The monoisotopic (exact) mass is 219 g/mol. The minimum Gasteiger partial charge on any atom is -0.358 e. The van der Waals surface area contributed by atoms with Gasteiger partial charge in [0.25, 0.3) is 0 Å². The zero-order valence-electron chi connectivity index (χ0n) is 10.6. The molecular formula is C14H21NO. The number of aryl methyl sites for hydroxylation is 1. The molecule has 0 unspecified atom stereocenters. The first-order valence-electron chi connectivity index (χ1n) is 5.98. The molecule has 1 aromatic carbocycles. The van der Waals surface area contributed by atoms with E-state index in [4.69, 9.17) is 0 Å². The summed E-state index contributed by atoms with van der Waals surface area (Å²) in [6.45, 7) is 6.06. The highest BCUT2D eigenvalue weighted by Crippen LogP contribution is 2.48. The highest BCUT2D eigenvalue weighted by atomic mass is 16.2. The van der Waals surface area contributed by atoms with Crippen molar-refractivity contribution in [2.24, 2.45) is 0 Å². The molecule has 2 rings (SSSR count). The van der Waals surface area contributed by atoms with Crippen LogP contribution in [0.25, 0.3) is 0 Å². The average Bonchev–Trinajstić information content (AvgIpc) is 3.13. The van der Waals surface area contributed by atoms with Gasteiger partial charge in [-0.1, -0.05) is 43.7 Å². The first-order valence-corrected chi connectivity index (χ1v) is 5.98. The standard InChI is InChI=1S/C12H15NO.C2H6/c1-9-3-5-10(6-4-9)12(7-8-12)11(14)13-2;1-2/h3-6H,7-8H2,1-2H3,(H,13,14);1-2H3. The summed E-state index contributed by atoms with van der Waals surface area (Å²) in [7, 11) is 1.70. The second kappa shape index (κ2) is 5.15. The van der Waals surface area contributed by atoms with Gasteiger partial charge in [-0.15, -0.1) is 0 Å². The molecule has 0 heterocycles. The van der Waals surface area contributed by atoms with E-state index in [2.05, 4.69) is 36.5 Å².